The van der Waals surface area contributed by atoms with Gasteiger partial charge in [-0.25, -0.2) is 4.98 Å². The number of benzene rings is 1. The molecule has 0 radical (unpaired) electrons. The maximum absolute atomic E-state index is 6.00. The molecule has 0 saturated heterocycles. The van der Waals surface area contributed by atoms with Crippen LogP contribution in [-0.2, 0) is 12.4 Å². The molecule has 0 unspecified atom stereocenters. The van der Waals surface area contributed by atoms with Crippen molar-refractivity contribution >= 4 is 38.6 Å². The van der Waals surface area contributed by atoms with Gasteiger partial charge in [0.25, 0.3) is 0 Å². The minimum Gasteiger partial charge on any atom is -0.322 e. The number of halogens is 2. The molecule has 0 aliphatic rings. The molecule has 0 aliphatic heterocycles. The fourth-order valence-corrected chi connectivity index (χ4v) is 2.66. The quantitative estimate of drug-likeness (QED) is 0.677. The average Bonchev–Trinajstić information content (AvgIpc) is 2.77. The van der Waals surface area contributed by atoms with E-state index in [4.69, 9.17) is 11.6 Å². The van der Waals surface area contributed by atoms with Crippen LogP contribution in [0.1, 0.15) is 11.4 Å². The summed E-state index contributed by atoms with van der Waals surface area (Å²) in [7, 11) is 0. The molecule has 3 nitrogen and oxygen atoms in total. The van der Waals surface area contributed by atoms with Crippen molar-refractivity contribution in [1.29, 1.82) is 0 Å². The Balaban J connectivity index is 2.11. The predicted molar refractivity (Wildman–Crippen MR) is 80.3 cm³/mol. The Morgan fingerprint density at radius 1 is 1.16 bits per heavy atom. The summed E-state index contributed by atoms with van der Waals surface area (Å²) in [6.07, 6.45) is 3.59. The Labute approximate surface area is 124 Å². The van der Waals surface area contributed by atoms with Crippen LogP contribution >= 0.6 is 27.5 Å². The first kappa shape index (κ1) is 12.6. The first-order valence-electron chi connectivity index (χ1n) is 5.87. The highest BCUT2D eigenvalue weighted by atomic mass is 79.9. The smallest absolute Gasteiger partial charge is 0.125 e. The molecule has 0 amide bonds. The standard InChI is InChI=1S/C14H11BrClN3/c15-11-1-2-13-12(7-11)18-14(8-16)19(13)9-10-3-5-17-6-4-10/h1-7H,8-9H2. The molecule has 19 heavy (non-hydrogen) atoms. The number of hydrogen-bond donors (Lipinski definition) is 0. The lowest BCUT2D eigenvalue weighted by Crippen LogP contribution is -2.03. The third-order valence-electron chi connectivity index (χ3n) is 3.00. The van der Waals surface area contributed by atoms with Crippen LogP contribution in [0.15, 0.2) is 47.2 Å². The number of fused-ring (bicyclic) bond motifs is 1. The van der Waals surface area contributed by atoms with Crippen LogP contribution in [0.3, 0.4) is 0 Å². The van der Waals surface area contributed by atoms with Crippen LogP contribution in [0.25, 0.3) is 11.0 Å². The molecule has 0 saturated carbocycles. The number of rotatable bonds is 3. The molecule has 3 rings (SSSR count). The van der Waals surface area contributed by atoms with Crippen molar-refractivity contribution in [2.24, 2.45) is 0 Å². The second-order valence-corrected chi connectivity index (χ2v) is 5.42. The number of imidazole rings is 1. The van der Waals surface area contributed by atoms with Gasteiger partial charge in [0.05, 0.1) is 16.9 Å². The number of alkyl halides is 1. The second-order valence-electron chi connectivity index (χ2n) is 4.24. The molecule has 5 heteroatoms. The Morgan fingerprint density at radius 3 is 2.68 bits per heavy atom. The highest BCUT2D eigenvalue weighted by Gasteiger charge is 2.10. The molecule has 0 bridgehead atoms. The van der Waals surface area contributed by atoms with E-state index in [0.717, 1.165) is 27.9 Å². The van der Waals surface area contributed by atoms with E-state index in [1.807, 2.05) is 24.3 Å². The Kier molecular flexibility index (Phi) is 3.53. The van der Waals surface area contributed by atoms with Gasteiger partial charge in [-0.2, -0.15) is 0 Å². The van der Waals surface area contributed by atoms with Crippen LogP contribution in [0.5, 0.6) is 0 Å². The first-order valence-corrected chi connectivity index (χ1v) is 7.20. The van der Waals surface area contributed by atoms with Gasteiger partial charge in [0.2, 0.25) is 0 Å². The third kappa shape index (κ3) is 2.51. The van der Waals surface area contributed by atoms with E-state index >= 15 is 0 Å². The molecular formula is C14H11BrClN3. The van der Waals surface area contributed by atoms with E-state index in [2.05, 4.69) is 36.5 Å². The van der Waals surface area contributed by atoms with Crippen LogP contribution in [-0.4, -0.2) is 14.5 Å². The maximum Gasteiger partial charge on any atom is 0.125 e. The van der Waals surface area contributed by atoms with Crippen molar-refractivity contribution < 1.29 is 0 Å². The van der Waals surface area contributed by atoms with E-state index in [1.165, 1.54) is 5.56 Å². The van der Waals surface area contributed by atoms with Crippen LogP contribution in [0.4, 0.5) is 0 Å². The Hall–Kier alpha value is -1.39. The summed E-state index contributed by atoms with van der Waals surface area (Å²) < 4.78 is 3.17. The van der Waals surface area contributed by atoms with E-state index in [-0.39, 0.29) is 0 Å². The molecule has 0 atom stereocenters. The molecule has 1 aromatic carbocycles. The van der Waals surface area contributed by atoms with Gasteiger partial charge >= 0.3 is 0 Å². The molecule has 3 aromatic rings. The Morgan fingerprint density at radius 2 is 1.95 bits per heavy atom. The zero-order valence-corrected chi connectivity index (χ0v) is 12.4. The summed E-state index contributed by atoms with van der Waals surface area (Å²) in [6, 6.07) is 10.1. The molecule has 0 aliphatic carbocycles. The average molecular weight is 337 g/mol. The lowest BCUT2D eigenvalue weighted by Gasteiger charge is -2.07. The SMILES string of the molecule is ClCc1nc2cc(Br)ccc2n1Cc1ccncc1. The lowest BCUT2D eigenvalue weighted by atomic mass is 10.2. The third-order valence-corrected chi connectivity index (χ3v) is 3.73. The summed E-state index contributed by atoms with van der Waals surface area (Å²) >= 11 is 9.47. The normalized spacial score (nSPS) is 11.1. The molecule has 0 N–H and O–H groups in total. The van der Waals surface area contributed by atoms with Crippen molar-refractivity contribution in [2.75, 3.05) is 0 Å². The van der Waals surface area contributed by atoms with Gasteiger partial charge in [-0.05, 0) is 35.9 Å². The fraction of sp³-hybridized carbons (Fsp3) is 0.143. The van der Waals surface area contributed by atoms with Crippen molar-refractivity contribution in [3.63, 3.8) is 0 Å². The van der Waals surface area contributed by atoms with E-state index in [9.17, 15) is 0 Å². The molecule has 2 aromatic heterocycles. The van der Waals surface area contributed by atoms with Crippen LogP contribution < -0.4 is 0 Å². The van der Waals surface area contributed by atoms with Gasteiger partial charge in [0, 0.05) is 23.4 Å². The lowest BCUT2D eigenvalue weighted by molar-refractivity contribution is 0.777. The number of pyridine rings is 1. The monoisotopic (exact) mass is 335 g/mol. The van der Waals surface area contributed by atoms with E-state index in [0.29, 0.717) is 5.88 Å². The second kappa shape index (κ2) is 5.31. The van der Waals surface area contributed by atoms with E-state index < -0.39 is 0 Å². The van der Waals surface area contributed by atoms with Gasteiger partial charge in [-0.15, -0.1) is 11.6 Å². The zero-order chi connectivity index (χ0) is 13.2. The topological polar surface area (TPSA) is 30.7 Å². The molecule has 2 heterocycles. The van der Waals surface area contributed by atoms with Gasteiger partial charge in [0.1, 0.15) is 5.82 Å². The predicted octanol–water partition coefficient (Wildman–Crippen LogP) is 3.98. The van der Waals surface area contributed by atoms with Crippen molar-refractivity contribution in [3.8, 4) is 0 Å². The number of hydrogen-bond acceptors (Lipinski definition) is 2. The van der Waals surface area contributed by atoms with Gasteiger partial charge in [-0.1, -0.05) is 15.9 Å². The van der Waals surface area contributed by atoms with E-state index in [1.54, 1.807) is 12.4 Å². The zero-order valence-electron chi connectivity index (χ0n) is 10.1. The summed E-state index contributed by atoms with van der Waals surface area (Å²) in [5.74, 6) is 1.28. The van der Waals surface area contributed by atoms with Crippen molar-refractivity contribution in [3.05, 3.63) is 58.6 Å². The first-order chi connectivity index (χ1) is 9.28. The summed E-state index contributed by atoms with van der Waals surface area (Å²) in [5.41, 5.74) is 3.23. The fourth-order valence-electron chi connectivity index (χ4n) is 2.10. The molecular weight excluding hydrogens is 326 g/mol. The largest absolute Gasteiger partial charge is 0.322 e. The van der Waals surface area contributed by atoms with Gasteiger partial charge in [0.15, 0.2) is 0 Å². The summed E-state index contributed by atoms with van der Waals surface area (Å²) in [5, 5.41) is 0. The van der Waals surface area contributed by atoms with Gasteiger partial charge < -0.3 is 4.57 Å². The maximum atomic E-state index is 6.00. The van der Waals surface area contributed by atoms with Gasteiger partial charge in [-0.3, -0.25) is 4.98 Å². The van der Waals surface area contributed by atoms with Crippen molar-refractivity contribution in [1.82, 2.24) is 14.5 Å². The highest BCUT2D eigenvalue weighted by molar-refractivity contribution is 9.10. The summed E-state index contributed by atoms with van der Waals surface area (Å²) in [4.78, 5) is 8.61. The van der Waals surface area contributed by atoms with Crippen molar-refractivity contribution in [2.45, 2.75) is 12.4 Å². The molecule has 0 fully saturated rings. The number of aromatic nitrogens is 3. The van der Waals surface area contributed by atoms with Crippen LogP contribution in [0.2, 0.25) is 0 Å². The minimum absolute atomic E-state index is 0.400. The minimum atomic E-state index is 0.400. The number of nitrogens with zero attached hydrogens (tertiary/aromatic N) is 3. The summed E-state index contributed by atoms with van der Waals surface area (Å²) in [6.45, 7) is 0.753. The Bertz CT molecular complexity index is 709. The molecule has 96 valence electrons. The van der Waals surface area contributed by atoms with Crippen LogP contribution in [0, 0.1) is 0 Å². The molecule has 0 spiro atoms. The highest BCUT2D eigenvalue weighted by Crippen LogP contribution is 2.22.